The summed E-state index contributed by atoms with van der Waals surface area (Å²) in [5.74, 6) is -0.655. The van der Waals surface area contributed by atoms with E-state index < -0.39 is 11.6 Å². The molecule has 6 nitrogen and oxygen atoms in total. The Morgan fingerprint density at radius 1 is 1.28 bits per heavy atom. The van der Waals surface area contributed by atoms with E-state index in [9.17, 15) is 13.6 Å². The number of nitrogens with zero attached hydrogens (tertiary/aromatic N) is 5. The highest BCUT2D eigenvalue weighted by atomic mass is 19.1. The van der Waals surface area contributed by atoms with Gasteiger partial charge in [0.2, 0.25) is 5.91 Å². The third-order valence-corrected chi connectivity index (χ3v) is 4.68. The van der Waals surface area contributed by atoms with E-state index in [1.165, 1.54) is 29.2 Å². The van der Waals surface area contributed by atoms with Crippen molar-refractivity contribution in [1.82, 2.24) is 25.1 Å². The molecule has 1 aliphatic rings. The standard InChI is InChI=1S/C17H21F2N5O/c18-15-4-1-5-16(19)14(15)7-6-13-3-2-9-23(11-13)17(25)8-10-24-12-20-21-22-24/h1,4-5,12-13H,2-3,6-11H2/t13-/m1/s1. The number of hydrogen-bond acceptors (Lipinski definition) is 4. The van der Waals surface area contributed by atoms with Crippen molar-refractivity contribution in [3.63, 3.8) is 0 Å². The Kier molecular flexibility index (Phi) is 5.67. The minimum absolute atomic E-state index is 0.0669. The Hall–Kier alpha value is -2.38. The molecule has 1 saturated heterocycles. The third-order valence-electron chi connectivity index (χ3n) is 4.68. The molecule has 8 heteroatoms. The van der Waals surface area contributed by atoms with Crippen LogP contribution in [0.15, 0.2) is 24.5 Å². The normalized spacial score (nSPS) is 17.7. The van der Waals surface area contributed by atoms with E-state index in [4.69, 9.17) is 0 Å². The van der Waals surface area contributed by atoms with Crippen molar-refractivity contribution < 1.29 is 13.6 Å². The maximum atomic E-state index is 13.7. The van der Waals surface area contributed by atoms with E-state index in [0.717, 1.165) is 19.4 Å². The highest BCUT2D eigenvalue weighted by Gasteiger charge is 2.24. The second kappa shape index (κ2) is 8.13. The summed E-state index contributed by atoms with van der Waals surface area (Å²) in [4.78, 5) is 14.2. The molecule has 0 aliphatic carbocycles. The number of benzene rings is 1. The number of carbonyl (C=O) groups excluding carboxylic acids is 1. The average molecular weight is 349 g/mol. The van der Waals surface area contributed by atoms with E-state index in [2.05, 4.69) is 15.5 Å². The lowest BCUT2D eigenvalue weighted by Crippen LogP contribution is -2.40. The van der Waals surface area contributed by atoms with Gasteiger partial charge in [-0.05, 0) is 54.2 Å². The number of likely N-dealkylation sites (tertiary alicyclic amines) is 1. The zero-order valence-corrected chi connectivity index (χ0v) is 13.9. The zero-order valence-electron chi connectivity index (χ0n) is 13.9. The van der Waals surface area contributed by atoms with Crippen molar-refractivity contribution in [3.05, 3.63) is 41.7 Å². The van der Waals surface area contributed by atoms with Crippen molar-refractivity contribution in [2.75, 3.05) is 13.1 Å². The second-order valence-corrected chi connectivity index (χ2v) is 6.41. The van der Waals surface area contributed by atoms with Crippen LogP contribution in [0.1, 0.15) is 31.2 Å². The van der Waals surface area contributed by atoms with Crippen LogP contribution in [0.25, 0.3) is 0 Å². The highest BCUT2D eigenvalue weighted by Crippen LogP contribution is 2.24. The molecule has 1 aliphatic heterocycles. The molecule has 2 heterocycles. The maximum Gasteiger partial charge on any atom is 0.224 e. The lowest BCUT2D eigenvalue weighted by Gasteiger charge is -2.33. The molecule has 0 spiro atoms. The minimum atomic E-state index is -0.495. The Balaban J connectivity index is 1.50. The summed E-state index contributed by atoms with van der Waals surface area (Å²) in [6.45, 7) is 1.83. The van der Waals surface area contributed by atoms with Gasteiger partial charge in [-0.15, -0.1) is 5.10 Å². The predicted molar refractivity (Wildman–Crippen MR) is 86.4 cm³/mol. The van der Waals surface area contributed by atoms with Gasteiger partial charge in [-0.2, -0.15) is 0 Å². The average Bonchev–Trinajstić information content (AvgIpc) is 3.13. The number of rotatable bonds is 6. The number of aryl methyl sites for hydroxylation is 1. The monoisotopic (exact) mass is 349 g/mol. The van der Waals surface area contributed by atoms with Gasteiger partial charge in [-0.1, -0.05) is 6.07 Å². The molecule has 0 unspecified atom stereocenters. The highest BCUT2D eigenvalue weighted by molar-refractivity contribution is 5.76. The molecule has 134 valence electrons. The fourth-order valence-corrected chi connectivity index (χ4v) is 3.30. The minimum Gasteiger partial charge on any atom is -0.342 e. The molecule has 1 amide bonds. The summed E-state index contributed by atoms with van der Waals surface area (Å²) in [7, 11) is 0. The van der Waals surface area contributed by atoms with Crippen molar-refractivity contribution in [2.24, 2.45) is 5.92 Å². The Labute approximate surface area is 144 Å². The smallest absolute Gasteiger partial charge is 0.224 e. The number of amides is 1. The summed E-state index contributed by atoms with van der Waals surface area (Å²) in [6, 6.07) is 3.95. The van der Waals surface area contributed by atoms with Crippen LogP contribution >= 0.6 is 0 Å². The Bertz CT molecular complexity index is 687. The van der Waals surface area contributed by atoms with E-state index >= 15 is 0 Å². The van der Waals surface area contributed by atoms with E-state index in [-0.39, 0.29) is 17.4 Å². The van der Waals surface area contributed by atoms with Crippen LogP contribution in [-0.2, 0) is 17.8 Å². The largest absolute Gasteiger partial charge is 0.342 e. The molecule has 3 rings (SSSR count). The van der Waals surface area contributed by atoms with Crippen LogP contribution in [0.4, 0.5) is 8.78 Å². The summed E-state index contributed by atoms with van der Waals surface area (Å²) < 4.78 is 29.0. The molecule has 2 aromatic rings. The summed E-state index contributed by atoms with van der Waals surface area (Å²) in [6.07, 6.45) is 4.76. The first-order chi connectivity index (χ1) is 12.1. The van der Waals surface area contributed by atoms with Gasteiger partial charge in [-0.25, -0.2) is 13.5 Å². The van der Waals surface area contributed by atoms with E-state index in [0.29, 0.717) is 32.4 Å². The van der Waals surface area contributed by atoms with Crippen molar-refractivity contribution in [1.29, 1.82) is 0 Å². The van der Waals surface area contributed by atoms with Crippen molar-refractivity contribution in [3.8, 4) is 0 Å². The molecule has 25 heavy (non-hydrogen) atoms. The SMILES string of the molecule is O=C(CCn1cnnn1)N1CCC[C@H](CCc2c(F)cccc2F)C1. The quantitative estimate of drug-likeness (QED) is 0.802. The molecule has 1 aromatic heterocycles. The molecule has 0 N–H and O–H groups in total. The number of hydrogen-bond donors (Lipinski definition) is 0. The van der Waals surface area contributed by atoms with Gasteiger partial charge in [0.15, 0.2) is 0 Å². The van der Waals surface area contributed by atoms with Crippen molar-refractivity contribution in [2.45, 2.75) is 38.6 Å². The van der Waals surface area contributed by atoms with E-state index in [1.54, 1.807) is 0 Å². The lowest BCUT2D eigenvalue weighted by molar-refractivity contribution is -0.133. The summed E-state index contributed by atoms with van der Waals surface area (Å²) in [5.41, 5.74) is 0.143. The summed E-state index contributed by atoms with van der Waals surface area (Å²) in [5, 5.41) is 10.8. The van der Waals surface area contributed by atoms with Crippen LogP contribution in [0.5, 0.6) is 0 Å². The fraction of sp³-hybridized carbons (Fsp3) is 0.529. The fourth-order valence-electron chi connectivity index (χ4n) is 3.30. The topological polar surface area (TPSA) is 63.9 Å². The zero-order chi connectivity index (χ0) is 17.6. The van der Waals surface area contributed by atoms with Gasteiger partial charge in [0.05, 0.1) is 6.54 Å². The molecule has 1 atom stereocenters. The third kappa shape index (κ3) is 4.58. The second-order valence-electron chi connectivity index (χ2n) is 6.41. The molecular weight excluding hydrogens is 328 g/mol. The Morgan fingerprint density at radius 3 is 2.80 bits per heavy atom. The van der Waals surface area contributed by atoms with Gasteiger partial charge >= 0.3 is 0 Å². The Morgan fingerprint density at radius 2 is 2.08 bits per heavy atom. The van der Waals surface area contributed by atoms with Gasteiger partial charge in [0, 0.05) is 25.1 Å². The first kappa shape index (κ1) is 17.4. The number of piperidine rings is 1. The number of aromatic nitrogens is 4. The first-order valence-corrected chi connectivity index (χ1v) is 8.55. The number of halogens is 2. The van der Waals surface area contributed by atoms with E-state index in [1.807, 2.05) is 4.90 Å². The van der Waals surface area contributed by atoms with Gasteiger partial charge in [-0.3, -0.25) is 4.79 Å². The molecule has 1 aromatic carbocycles. The number of carbonyl (C=O) groups is 1. The van der Waals surface area contributed by atoms with Crippen molar-refractivity contribution >= 4 is 5.91 Å². The van der Waals surface area contributed by atoms with Gasteiger partial charge < -0.3 is 4.90 Å². The van der Waals surface area contributed by atoms with Crippen LogP contribution in [0.2, 0.25) is 0 Å². The molecular formula is C17H21F2N5O. The molecule has 0 bridgehead atoms. The van der Waals surface area contributed by atoms with Crippen LogP contribution < -0.4 is 0 Å². The van der Waals surface area contributed by atoms with Crippen LogP contribution in [0.3, 0.4) is 0 Å². The maximum absolute atomic E-state index is 13.7. The summed E-state index contributed by atoms with van der Waals surface area (Å²) >= 11 is 0. The van der Waals surface area contributed by atoms with Gasteiger partial charge in [0.1, 0.15) is 18.0 Å². The molecule has 0 saturated carbocycles. The molecule has 1 fully saturated rings. The van der Waals surface area contributed by atoms with Gasteiger partial charge in [0.25, 0.3) is 0 Å². The van der Waals surface area contributed by atoms with Crippen LogP contribution in [0, 0.1) is 17.6 Å². The first-order valence-electron chi connectivity index (χ1n) is 8.55. The van der Waals surface area contributed by atoms with Crippen LogP contribution in [-0.4, -0.2) is 44.1 Å². The predicted octanol–water partition coefficient (Wildman–Crippen LogP) is 2.21. The number of tetrazole rings is 1. The molecule has 0 radical (unpaired) electrons. The lowest BCUT2D eigenvalue weighted by atomic mass is 9.91.